The molecule has 0 saturated heterocycles. The average Bonchev–Trinajstić information content (AvgIpc) is 2.94. The van der Waals surface area contributed by atoms with Crippen molar-refractivity contribution in [2.45, 2.75) is 13.8 Å². The first-order valence-electron chi connectivity index (χ1n) is 5.83. The molecule has 0 radical (unpaired) electrons. The first kappa shape index (κ1) is 10.8. The first-order chi connectivity index (χ1) is 8.66. The van der Waals surface area contributed by atoms with Gasteiger partial charge in [-0.3, -0.25) is 4.79 Å². The molecule has 0 bridgehead atoms. The van der Waals surface area contributed by atoms with Crippen LogP contribution in [0.5, 0.6) is 0 Å². The van der Waals surface area contributed by atoms with Crippen molar-refractivity contribution >= 4 is 16.7 Å². The minimum atomic E-state index is -0.00176. The average molecular weight is 239 g/mol. The summed E-state index contributed by atoms with van der Waals surface area (Å²) in [7, 11) is 0. The Kier molecular flexibility index (Phi) is 2.33. The van der Waals surface area contributed by atoms with Crippen LogP contribution in [0.2, 0.25) is 0 Å². The van der Waals surface area contributed by atoms with Gasteiger partial charge in [-0.05, 0) is 32.0 Å². The Morgan fingerprint density at radius 1 is 1.17 bits per heavy atom. The number of benzene rings is 1. The third-order valence-electron chi connectivity index (χ3n) is 3.19. The third-order valence-corrected chi connectivity index (χ3v) is 3.19. The van der Waals surface area contributed by atoms with Crippen LogP contribution in [-0.4, -0.2) is 10.8 Å². The van der Waals surface area contributed by atoms with Crippen molar-refractivity contribution < 1.29 is 9.21 Å². The SMILES string of the molecule is Cc1ccc2[nH]cc(C(=O)c3ccoc3C)c2c1. The molecule has 0 spiro atoms. The van der Waals surface area contributed by atoms with E-state index in [1.54, 1.807) is 25.5 Å². The summed E-state index contributed by atoms with van der Waals surface area (Å²) in [5.74, 6) is 0.653. The van der Waals surface area contributed by atoms with E-state index in [2.05, 4.69) is 4.98 Å². The molecule has 0 atom stereocenters. The molecule has 0 unspecified atom stereocenters. The van der Waals surface area contributed by atoms with Crippen molar-refractivity contribution in [3.8, 4) is 0 Å². The monoisotopic (exact) mass is 239 g/mol. The van der Waals surface area contributed by atoms with E-state index in [1.165, 1.54) is 0 Å². The van der Waals surface area contributed by atoms with E-state index in [4.69, 9.17) is 4.42 Å². The molecule has 0 aliphatic carbocycles. The van der Waals surface area contributed by atoms with Crippen molar-refractivity contribution in [1.82, 2.24) is 4.98 Å². The van der Waals surface area contributed by atoms with Crippen molar-refractivity contribution in [2.24, 2.45) is 0 Å². The van der Waals surface area contributed by atoms with Gasteiger partial charge in [0.25, 0.3) is 0 Å². The molecule has 1 N–H and O–H groups in total. The molecule has 2 heterocycles. The predicted molar refractivity (Wildman–Crippen MR) is 69.9 cm³/mol. The lowest BCUT2D eigenvalue weighted by molar-refractivity contribution is 0.103. The Balaban J connectivity index is 2.18. The van der Waals surface area contributed by atoms with Crippen LogP contribution in [-0.2, 0) is 0 Å². The van der Waals surface area contributed by atoms with Gasteiger partial charge in [-0.2, -0.15) is 0 Å². The van der Waals surface area contributed by atoms with E-state index in [0.29, 0.717) is 16.9 Å². The van der Waals surface area contributed by atoms with Crippen LogP contribution in [0, 0.1) is 13.8 Å². The lowest BCUT2D eigenvalue weighted by atomic mass is 10.0. The highest BCUT2D eigenvalue weighted by Gasteiger charge is 2.17. The molecule has 0 amide bonds. The van der Waals surface area contributed by atoms with Gasteiger partial charge in [-0.1, -0.05) is 11.6 Å². The van der Waals surface area contributed by atoms with Crippen molar-refractivity contribution in [2.75, 3.05) is 0 Å². The molecule has 3 rings (SSSR count). The number of fused-ring (bicyclic) bond motifs is 1. The Morgan fingerprint density at radius 2 is 2.00 bits per heavy atom. The summed E-state index contributed by atoms with van der Waals surface area (Å²) in [4.78, 5) is 15.6. The molecule has 0 saturated carbocycles. The fourth-order valence-corrected chi connectivity index (χ4v) is 2.19. The zero-order valence-corrected chi connectivity index (χ0v) is 10.3. The maximum Gasteiger partial charge on any atom is 0.198 e. The zero-order valence-electron chi connectivity index (χ0n) is 10.3. The number of rotatable bonds is 2. The Hall–Kier alpha value is -2.29. The minimum absolute atomic E-state index is 0.00176. The number of aromatic amines is 1. The van der Waals surface area contributed by atoms with Crippen molar-refractivity contribution in [3.05, 3.63) is 59.2 Å². The first-order valence-corrected chi connectivity index (χ1v) is 5.83. The molecule has 0 fully saturated rings. The van der Waals surface area contributed by atoms with Crippen LogP contribution < -0.4 is 0 Å². The van der Waals surface area contributed by atoms with Crippen LogP contribution in [0.3, 0.4) is 0 Å². The minimum Gasteiger partial charge on any atom is -0.469 e. The van der Waals surface area contributed by atoms with Gasteiger partial charge >= 0.3 is 0 Å². The van der Waals surface area contributed by atoms with Crippen LogP contribution >= 0.6 is 0 Å². The van der Waals surface area contributed by atoms with E-state index < -0.39 is 0 Å². The topological polar surface area (TPSA) is 46.0 Å². The molecular formula is C15H13NO2. The number of ketones is 1. The van der Waals surface area contributed by atoms with Gasteiger partial charge in [0.2, 0.25) is 0 Å². The van der Waals surface area contributed by atoms with E-state index in [1.807, 2.05) is 25.1 Å². The number of hydrogen-bond donors (Lipinski definition) is 1. The lowest BCUT2D eigenvalue weighted by Gasteiger charge is -1.99. The second-order valence-electron chi connectivity index (χ2n) is 4.47. The van der Waals surface area contributed by atoms with Gasteiger partial charge in [0, 0.05) is 22.7 Å². The molecule has 0 aliphatic rings. The van der Waals surface area contributed by atoms with Gasteiger partial charge in [-0.25, -0.2) is 0 Å². The molecule has 1 aromatic carbocycles. The summed E-state index contributed by atoms with van der Waals surface area (Å²) >= 11 is 0. The van der Waals surface area contributed by atoms with Crippen LogP contribution in [0.25, 0.3) is 10.9 Å². The largest absolute Gasteiger partial charge is 0.469 e. The van der Waals surface area contributed by atoms with Crippen molar-refractivity contribution in [3.63, 3.8) is 0 Å². The van der Waals surface area contributed by atoms with Gasteiger partial charge < -0.3 is 9.40 Å². The molecule has 0 aliphatic heterocycles. The highest BCUT2D eigenvalue weighted by atomic mass is 16.3. The highest BCUT2D eigenvalue weighted by Crippen LogP contribution is 2.23. The van der Waals surface area contributed by atoms with Gasteiger partial charge in [0.05, 0.1) is 11.8 Å². The number of carbonyl (C=O) groups is 1. The molecule has 3 heteroatoms. The molecule has 3 aromatic rings. The lowest BCUT2D eigenvalue weighted by Crippen LogP contribution is -2.00. The second-order valence-corrected chi connectivity index (χ2v) is 4.47. The smallest absolute Gasteiger partial charge is 0.198 e. The summed E-state index contributed by atoms with van der Waals surface area (Å²) in [5, 5.41) is 0.959. The fraction of sp³-hybridized carbons (Fsp3) is 0.133. The van der Waals surface area contributed by atoms with E-state index >= 15 is 0 Å². The van der Waals surface area contributed by atoms with E-state index in [0.717, 1.165) is 16.5 Å². The fourth-order valence-electron chi connectivity index (χ4n) is 2.19. The predicted octanol–water partition coefficient (Wildman–Crippen LogP) is 3.61. The zero-order chi connectivity index (χ0) is 12.7. The molecule has 2 aromatic heterocycles. The summed E-state index contributed by atoms with van der Waals surface area (Å²) in [6.45, 7) is 3.82. The van der Waals surface area contributed by atoms with Gasteiger partial charge in [0.15, 0.2) is 5.78 Å². The standard InChI is InChI=1S/C15H13NO2/c1-9-3-4-14-12(7-9)13(8-16-14)15(17)11-5-6-18-10(11)2/h3-8,16H,1-2H3. The molecule has 90 valence electrons. The summed E-state index contributed by atoms with van der Waals surface area (Å²) in [6.07, 6.45) is 3.31. The number of furan rings is 1. The molecule has 3 nitrogen and oxygen atoms in total. The number of aryl methyl sites for hydroxylation is 2. The summed E-state index contributed by atoms with van der Waals surface area (Å²) in [6, 6.07) is 7.75. The maximum absolute atomic E-state index is 12.4. The summed E-state index contributed by atoms with van der Waals surface area (Å²) < 4.78 is 5.19. The van der Waals surface area contributed by atoms with Crippen LogP contribution in [0.4, 0.5) is 0 Å². The quantitative estimate of drug-likeness (QED) is 0.694. The second kappa shape index (κ2) is 3.88. The Labute approximate surface area is 104 Å². The van der Waals surface area contributed by atoms with E-state index in [9.17, 15) is 4.79 Å². The Bertz CT molecular complexity index is 734. The van der Waals surface area contributed by atoms with Crippen molar-refractivity contribution in [1.29, 1.82) is 0 Å². The Morgan fingerprint density at radius 3 is 2.72 bits per heavy atom. The number of hydrogen-bond acceptors (Lipinski definition) is 2. The van der Waals surface area contributed by atoms with Gasteiger partial charge in [0.1, 0.15) is 5.76 Å². The number of aromatic nitrogens is 1. The number of H-pyrrole nitrogens is 1. The number of nitrogens with one attached hydrogen (secondary N) is 1. The van der Waals surface area contributed by atoms with Gasteiger partial charge in [-0.15, -0.1) is 0 Å². The molecular weight excluding hydrogens is 226 g/mol. The maximum atomic E-state index is 12.4. The van der Waals surface area contributed by atoms with Crippen LogP contribution in [0.1, 0.15) is 27.2 Å². The molecule has 18 heavy (non-hydrogen) atoms. The van der Waals surface area contributed by atoms with Crippen LogP contribution in [0.15, 0.2) is 41.1 Å². The third kappa shape index (κ3) is 1.56. The van der Waals surface area contributed by atoms with E-state index in [-0.39, 0.29) is 5.78 Å². The summed E-state index contributed by atoms with van der Waals surface area (Å²) in [5.41, 5.74) is 3.43. The highest BCUT2D eigenvalue weighted by molar-refractivity contribution is 6.16. The normalized spacial score (nSPS) is 11.0. The number of carbonyl (C=O) groups excluding carboxylic acids is 1.